The number of nitrogens with zero attached hydrogens (tertiary/aromatic N) is 5. The van der Waals surface area contributed by atoms with Crippen molar-refractivity contribution in [2.24, 2.45) is 7.05 Å². The molecule has 0 atom stereocenters. The second-order valence-electron chi connectivity index (χ2n) is 9.05. The fourth-order valence-electron chi connectivity index (χ4n) is 4.88. The Bertz CT molecular complexity index is 1220. The Labute approximate surface area is 191 Å². The van der Waals surface area contributed by atoms with Gasteiger partial charge in [0.2, 0.25) is 5.91 Å². The van der Waals surface area contributed by atoms with Crippen molar-refractivity contribution in [2.75, 3.05) is 31.0 Å². The summed E-state index contributed by atoms with van der Waals surface area (Å²) in [4.78, 5) is 25.5. The van der Waals surface area contributed by atoms with Gasteiger partial charge in [-0.05, 0) is 25.8 Å². The quantitative estimate of drug-likeness (QED) is 0.566. The Morgan fingerprint density at radius 2 is 2.09 bits per heavy atom. The maximum Gasteiger partial charge on any atom is 0.222 e. The number of fused-ring (bicyclic) bond motifs is 1. The van der Waals surface area contributed by atoms with Crippen LogP contribution < -0.4 is 10.6 Å². The first-order chi connectivity index (χ1) is 15.8. The molecule has 1 amide bonds. The van der Waals surface area contributed by atoms with Gasteiger partial charge in [0, 0.05) is 56.9 Å². The van der Waals surface area contributed by atoms with Gasteiger partial charge in [0.25, 0.3) is 0 Å². The van der Waals surface area contributed by atoms with E-state index in [2.05, 4.69) is 20.7 Å². The van der Waals surface area contributed by atoms with Crippen molar-refractivity contribution in [3.8, 4) is 11.3 Å². The lowest BCUT2D eigenvalue weighted by Crippen LogP contribution is -2.50. The summed E-state index contributed by atoms with van der Waals surface area (Å²) in [5.41, 5.74) is 2.78. The first-order valence-electron chi connectivity index (χ1n) is 10.8. The standard InChI is InChI=1S/C23H27N7O3/c1-14-7-20(28-21(25-14)22-10-23(11-22,13-32-4)33-12-22)27-18-8-19(26-15(2)31)24-9-16(18)17-5-6-30(3)29-17/h5-9H,10-13H2,1-4H3,(H2,24,25,26,27,28,31). The SMILES string of the molecule is COCC12CC(c3nc(C)cc(Nc4cc(NC(C)=O)ncc4-c4ccn(C)n4)n3)(CO1)C2. The molecule has 6 rings (SSSR count). The molecule has 2 aliphatic heterocycles. The molecule has 3 aromatic heterocycles. The Balaban J connectivity index is 1.48. The Hall–Kier alpha value is -3.37. The van der Waals surface area contributed by atoms with Crippen molar-refractivity contribution in [3.63, 3.8) is 0 Å². The summed E-state index contributed by atoms with van der Waals surface area (Å²) in [5.74, 6) is 1.70. The van der Waals surface area contributed by atoms with Crippen molar-refractivity contribution < 1.29 is 14.3 Å². The maximum atomic E-state index is 11.6. The molecule has 0 radical (unpaired) electrons. The third-order valence-corrected chi connectivity index (χ3v) is 6.17. The topological polar surface area (TPSA) is 116 Å². The highest BCUT2D eigenvalue weighted by atomic mass is 16.5. The lowest BCUT2D eigenvalue weighted by atomic mass is 9.62. The first kappa shape index (κ1) is 21.5. The first-order valence-corrected chi connectivity index (χ1v) is 10.8. The number of aryl methyl sites for hydroxylation is 2. The minimum atomic E-state index is -0.208. The molecule has 2 bridgehead atoms. The zero-order chi connectivity index (χ0) is 23.2. The van der Waals surface area contributed by atoms with Crippen molar-refractivity contribution in [1.29, 1.82) is 0 Å². The summed E-state index contributed by atoms with van der Waals surface area (Å²) in [7, 11) is 3.56. The molecule has 0 aromatic carbocycles. The minimum absolute atomic E-state index is 0.176. The molecular formula is C23H27N7O3. The molecule has 3 fully saturated rings. The van der Waals surface area contributed by atoms with Gasteiger partial charge in [-0.15, -0.1) is 0 Å². The van der Waals surface area contributed by atoms with Gasteiger partial charge < -0.3 is 20.1 Å². The van der Waals surface area contributed by atoms with Crippen LogP contribution in [0.1, 0.15) is 31.3 Å². The highest BCUT2D eigenvalue weighted by Gasteiger charge is 2.64. The van der Waals surface area contributed by atoms with Gasteiger partial charge in [0.15, 0.2) is 0 Å². The number of carbonyl (C=O) groups excluding carboxylic acids is 1. The molecule has 3 aromatic rings. The lowest BCUT2D eigenvalue weighted by Gasteiger charge is -2.43. The zero-order valence-electron chi connectivity index (χ0n) is 19.2. The van der Waals surface area contributed by atoms with E-state index in [9.17, 15) is 4.79 Å². The van der Waals surface area contributed by atoms with Crippen LogP contribution in [0, 0.1) is 6.92 Å². The maximum absolute atomic E-state index is 11.6. The molecule has 0 spiro atoms. The molecular weight excluding hydrogens is 422 g/mol. The molecule has 1 saturated carbocycles. The number of pyridine rings is 1. The van der Waals surface area contributed by atoms with Crippen LogP contribution in [-0.2, 0) is 26.7 Å². The number of nitrogens with one attached hydrogen (secondary N) is 2. The summed E-state index contributed by atoms with van der Waals surface area (Å²) < 4.78 is 13.1. The number of carbonyl (C=O) groups is 1. The molecule has 3 aliphatic rings. The highest BCUT2D eigenvalue weighted by molar-refractivity contribution is 5.89. The van der Waals surface area contributed by atoms with Crippen LogP contribution in [0.15, 0.2) is 30.6 Å². The third-order valence-electron chi connectivity index (χ3n) is 6.17. The predicted molar refractivity (Wildman–Crippen MR) is 122 cm³/mol. The van der Waals surface area contributed by atoms with Crippen LogP contribution >= 0.6 is 0 Å². The van der Waals surface area contributed by atoms with E-state index in [-0.39, 0.29) is 16.9 Å². The molecule has 0 unspecified atom stereocenters. The van der Waals surface area contributed by atoms with Crippen LogP contribution in [0.5, 0.6) is 0 Å². The zero-order valence-corrected chi connectivity index (χ0v) is 19.2. The lowest BCUT2D eigenvalue weighted by molar-refractivity contribution is -0.114. The van der Waals surface area contributed by atoms with Crippen molar-refractivity contribution in [2.45, 2.75) is 37.7 Å². The van der Waals surface area contributed by atoms with E-state index in [1.54, 1.807) is 24.1 Å². The minimum Gasteiger partial charge on any atom is -0.382 e. The van der Waals surface area contributed by atoms with Crippen LogP contribution in [-0.4, -0.2) is 56.6 Å². The van der Waals surface area contributed by atoms with Crippen LogP contribution in [0.3, 0.4) is 0 Å². The van der Waals surface area contributed by atoms with Crippen molar-refractivity contribution in [1.82, 2.24) is 24.7 Å². The largest absolute Gasteiger partial charge is 0.382 e. The van der Waals surface area contributed by atoms with Crippen LogP contribution in [0.2, 0.25) is 0 Å². The number of hydrogen-bond acceptors (Lipinski definition) is 8. The van der Waals surface area contributed by atoms with Gasteiger partial charge in [-0.3, -0.25) is 9.48 Å². The molecule has 2 saturated heterocycles. The van der Waals surface area contributed by atoms with Crippen LogP contribution in [0.4, 0.5) is 17.3 Å². The van der Waals surface area contributed by atoms with Gasteiger partial charge in [0.05, 0.1) is 35.6 Å². The molecule has 1 aliphatic carbocycles. The second-order valence-corrected chi connectivity index (χ2v) is 9.05. The highest BCUT2D eigenvalue weighted by Crippen LogP contribution is 2.58. The van der Waals surface area contributed by atoms with Gasteiger partial charge in [-0.25, -0.2) is 15.0 Å². The number of hydrogen-bond donors (Lipinski definition) is 2. The number of anilines is 3. The molecule has 172 valence electrons. The Kier molecular flexibility index (Phi) is 5.13. The summed E-state index contributed by atoms with van der Waals surface area (Å²) in [5, 5.41) is 10.6. The summed E-state index contributed by atoms with van der Waals surface area (Å²) in [6, 6.07) is 5.60. The molecule has 10 heteroatoms. The fraction of sp³-hybridized carbons (Fsp3) is 0.435. The van der Waals surface area contributed by atoms with Gasteiger partial charge >= 0.3 is 0 Å². The van der Waals surface area contributed by atoms with Crippen molar-refractivity contribution >= 4 is 23.2 Å². The van der Waals surface area contributed by atoms with E-state index < -0.39 is 0 Å². The normalized spacial score (nSPS) is 23.3. The number of aromatic nitrogens is 5. The molecule has 5 heterocycles. The molecule has 33 heavy (non-hydrogen) atoms. The monoisotopic (exact) mass is 449 g/mol. The number of ether oxygens (including phenoxy) is 2. The Morgan fingerprint density at radius 1 is 1.27 bits per heavy atom. The van der Waals surface area contributed by atoms with E-state index in [0.717, 1.165) is 41.3 Å². The third kappa shape index (κ3) is 3.96. The van der Waals surface area contributed by atoms with E-state index >= 15 is 0 Å². The fourth-order valence-corrected chi connectivity index (χ4v) is 4.88. The Morgan fingerprint density at radius 3 is 2.79 bits per heavy atom. The van der Waals surface area contributed by atoms with E-state index in [1.165, 1.54) is 6.92 Å². The molecule has 10 nitrogen and oxygen atoms in total. The summed E-state index contributed by atoms with van der Waals surface area (Å²) in [6.45, 7) is 4.59. The van der Waals surface area contributed by atoms with Crippen LogP contribution in [0.25, 0.3) is 11.3 Å². The second kappa shape index (κ2) is 7.89. The van der Waals surface area contributed by atoms with E-state index in [1.807, 2.05) is 32.3 Å². The molecule has 2 N–H and O–H groups in total. The van der Waals surface area contributed by atoms with Gasteiger partial charge in [-0.2, -0.15) is 5.10 Å². The van der Waals surface area contributed by atoms with Gasteiger partial charge in [-0.1, -0.05) is 0 Å². The summed E-state index contributed by atoms with van der Waals surface area (Å²) >= 11 is 0. The number of amides is 1. The van der Waals surface area contributed by atoms with Gasteiger partial charge in [0.1, 0.15) is 17.5 Å². The average molecular weight is 450 g/mol. The van der Waals surface area contributed by atoms with Crippen molar-refractivity contribution in [3.05, 3.63) is 42.1 Å². The number of methoxy groups -OCH3 is 1. The van der Waals surface area contributed by atoms with E-state index in [0.29, 0.717) is 24.8 Å². The van der Waals surface area contributed by atoms with E-state index in [4.69, 9.17) is 19.4 Å². The predicted octanol–water partition coefficient (Wildman–Crippen LogP) is 2.73. The average Bonchev–Trinajstić information content (AvgIpc) is 3.41. The summed E-state index contributed by atoms with van der Waals surface area (Å²) in [6.07, 6.45) is 5.28. The smallest absolute Gasteiger partial charge is 0.222 e. The number of rotatable bonds is 7.